The van der Waals surface area contributed by atoms with Crippen molar-refractivity contribution in [2.45, 2.75) is 6.42 Å². The SMILES string of the molecule is [O-][n+]1cncc2c1C=CC2. The Morgan fingerprint density at radius 2 is 2.50 bits per heavy atom. The predicted molar refractivity (Wildman–Crippen MR) is 35.9 cm³/mol. The summed E-state index contributed by atoms with van der Waals surface area (Å²) < 4.78 is 0.791. The molecule has 0 amide bonds. The number of rotatable bonds is 0. The first kappa shape index (κ1) is 5.41. The summed E-state index contributed by atoms with van der Waals surface area (Å²) in [7, 11) is 0. The van der Waals surface area contributed by atoms with Gasteiger partial charge in [0.15, 0.2) is 0 Å². The van der Waals surface area contributed by atoms with Crippen LogP contribution < -0.4 is 4.73 Å². The maximum Gasteiger partial charge on any atom is 0.289 e. The molecule has 0 radical (unpaired) electrons. The molecule has 0 bridgehead atoms. The summed E-state index contributed by atoms with van der Waals surface area (Å²) in [5.74, 6) is 0. The highest BCUT2D eigenvalue weighted by Gasteiger charge is 2.10. The summed E-state index contributed by atoms with van der Waals surface area (Å²) in [4.78, 5) is 3.77. The molecule has 3 heteroatoms. The Kier molecular flexibility index (Phi) is 0.974. The molecule has 10 heavy (non-hydrogen) atoms. The molecule has 0 unspecified atom stereocenters. The van der Waals surface area contributed by atoms with Crippen molar-refractivity contribution in [1.29, 1.82) is 0 Å². The van der Waals surface area contributed by atoms with Crippen LogP contribution in [0.2, 0.25) is 0 Å². The van der Waals surface area contributed by atoms with E-state index in [1.807, 2.05) is 12.2 Å². The normalized spacial score (nSPS) is 13.6. The van der Waals surface area contributed by atoms with Gasteiger partial charge in [-0.2, -0.15) is 0 Å². The maximum atomic E-state index is 10.9. The van der Waals surface area contributed by atoms with E-state index in [9.17, 15) is 5.21 Å². The van der Waals surface area contributed by atoms with Crippen LogP contribution in [0.15, 0.2) is 18.6 Å². The Balaban J connectivity index is 2.67. The van der Waals surface area contributed by atoms with Gasteiger partial charge in [0, 0.05) is 5.56 Å². The van der Waals surface area contributed by atoms with Gasteiger partial charge in [-0.15, -0.1) is 0 Å². The zero-order valence-corrected chi connectivity index (χ0v) is 5.32. The van der Waals surface area contributed by atoms with Crippen molar-refractivity contribution < 1.29 is 4.73 Å². The molecule has 0 N–H and O–H groups in total. The van der Waals surface area contributed by atoms with Crippen molar-refractivity contribution in [3.63, 3.8) is 0 Å². The van der Waals surface area contributed by atoms with Crippen LogP contribution in [0.4, 0.5) is 0 Å². The van der Waals surface area contributed by atoms with Gasteiger partial charge < -0.3 is 5.21 Å². The van der Waals surface area contributed by atoms with E-state index in [2.05, 4.69) is 4.98 Å². The fraction of sp³-hybridized carbons (Fsp3) is 0.143. The first-order chi connectivity index (χ1) is 4.88. The molecule has 0 aliphatic heterocycles. The number of aromatic nitrogens is 2. The Labute approximate surface area is 58.2 Å². The molecule has 50 valence electrons. The lowest BCUT2D eigenvalue weighted by Crippen LogP contribution is -2.30. The minimum absolute atomic E-state index is 0.731. The largest absolute Gasteiger partial charge is 0.710 e. The fourth-order valence-electron chi connectivity index (χ4n) is 1.09. The Morgan fingerprint density at radius 3 is 3.30 bits per heavy atom. The van der Waals surface area contributed by atoms with E-state index >= 15 is 0 Å². The number of allylic oxidation sites excluding steroid dienone is 1. The number of hydrogen-bond acceptors (Lipinski definition) is 2. The third kappa shape index (κ3) is 0.603. The summed E-state index contributed by atoms with van der Waals surface area (Å²) in [5, 5.41) is 10.9. The van der Waals surface area contributed by atoms with E-state index in [-0.39, 0.29) is 0 Å². The molecule has 0 spiro atoms. The molecule has 2 rings (SSSR count). The molecule has 0 aromatic carbocycles. The second-order valence-electron chi connectivity index (χ2n) is 2.24. The molecule has 3 nitrogen and oxygen atoms in total. The summed E-state index contributed by atoms with van der Waals surface area (Å²) in [6, 6.07) is 0. The lowest BCUT2D eigenvalue weighted by molar-refractivity contribution is -0.611. The molecule has 1 aliphatic rings. The van der Waals surface area contributed by atoms with Gasteiger partial charge in [0.05, 0.1) is 0 Å². The van der Waals surface area contributed by atoms with E-state index in [1.54, 1.807) is 6.20 Å². The Morgan fingerprint density at radius 1 is 1.60 bits per heavy atom. The zero-order chi connectivity index (χ0) is 6.97. The standard InChI is InChI=1S/C7H6N2O/c10-9-5-8-4-6-2-1-3-7(6)9/h1,3-5H,2H2. The lowest BCUT2D eigenvalue weighted by atomic mass is 10.2. The van der Waals surface area contributed by atoms with Gasteiger partial charge in [0.25, 0.3) is 6.33 Å². The highest BCUT2D eigenvalue weighted by Crippen LogP contribution is 2.12. The van der Waals surface area contributed by atoms with E-state index in [4.69, 9.17) is 0 Å². The van der Waals surface area contributed by atoms with E-state index in [0.717, 1.165) is 22.4 Å². The van der Waals surface area contributed by atoms with Crippen LogP contribution in [0.1, 0.15) is 11.3 Å². The monoisotopic (exact) mass is 134 g/mol. The minimum atomic E-state index is 0.731. The number of hydrogen-bond donors (Lipinski definition) is 0. The molecule has 1 aromatic heterocycles. The van der Waals surface area contributed by atoms with Crippen LogP contribution in [-0.2, 0) is 6.42 Å². The predicted octanol–water partition coefficient (Wildman–Crippen LogP) is 0.284. The van der Waals surface area contributed by atoms with Crippen LogP contribution >= 0.6 is 0 Å². The maximum absolute atomic E-state index is 10.9. The quantitative estimate of drug-likeness (QED) is 0.378. The van der Waals surface area contributed by atoms with E-state index in [1.165, 1.54) is 6.33 Å². The molecular formula is C7H6N2O. The second-order valence-corrected chi connectivity index (χ2v) is 2.24. The van der Waals surface area contributed by atoms with E-state index in [0.29, 0.717) is 0 Å². The van der Waals surface area contributed by atoms with Gasteiger partial charge >= 0.3 is 0 Å². The zero-order valence-electron chi connectivity index (χ0n) is 5.32. The van der Waals surface area contributed by atoms with Crippen LogP contribution in [0, 0.1) is 5.21 Å². The molecule has 1 aromatic rings. The fourth-order valence-corrected chi connectivity index (χ4v) is 1.09. The smallest absolute Gasteiger partial charge is 0.289 e. The van der Waals surface area contributed by atoms with Crippen molar-refractivity contribution in [3.8, 4) is 0 Å². The van der Waals surface area contributed by atoms with Crippen molar-refractivity contribution in [3.05, 3.63) is 35.1 Å². The van der Waals surface area contributed by atoms with Crippen molar-refractivity contribution in [2.24, 2.45) is 0 Å². The van der Waals surface area contributed by atoms with Crippen LogP contribution in [-0.4, -0.2) is 4.98 Å². The second kappa shape index (κ2) is 1.80. The average molecular weight is 134 g/mol. The summed E-state index contributed by atoms with van der Waals surface area (Å²) in [6.45, 7) is 0. The number of nitrogens with zero attached hydrogens (tertiary/aromatic N) is 2. The van der Waals surface area contributed by atoms with Crippen molar-refractivity contribution in [2.75, 3.05) is 0 Å². The first-order valence-corrected chi connectivity index (χ1v) is 3.10. The number of fused-ring (bicyclic) bond motifs is 1. The van der Waals surface area contributed by atoms with Gasteiger partial charge in [0.1, 0.15) is 11.9 Å². The van der Waals surface area contributed by atoms with Crippen molar-refractivity contribution >= 4 is 6.08 Å². The van der Waals surface area contributed by atoms with Crippen molar-refractivity contribution in [1.82, 2.24) is 4.98 Å². The average Bonchev–Trinajstić information content (AvgIpc) is 2.36. The van der Waals surface area contributed by atoms with Gasteiger partial charge in [-0.05, 0) is 12.5 Å². The Hall–Kier alpha value is -1.38. The summed E-state index contributed by atoms with van der Waals surface area (Å²) >= 11 is 0. The minimum Gasteiger partial charge on any atom is -0.710 e. The van der Waals surface area contributed by atoms with Crippen LogP contribution in [0.3, 0.4) is 0 Å². The molecule has 0 saturated heterocycles. The third-order valence-corrected chi connectivity index (χ3v) is 1.58. The Bertz CT molecular complexity index is 294. The van der Waals surface area contributed by atoms with Gasteiger partial charge in [-0.25, -0.2) is 4.73 Å². The van der Waals surface area contributed by atoms with Gasteiger partial charge in [-0.1, -0.05) is 11.1 Å². The lowest BCUT2D eigenvalue weighted by Gasteiger charge is -2.02. The molecule has 0 saturated carbocycles. The molecular weight excluding hydrogens is 128 g/mol. The third-order valence-electron chi connectivity index (χ3n) is 1.58. The van der Waals surface area contributed by atoms with E-state index < -0.39 is 0 Å². The van der Waals surface area contributed by atoms with Gasteiger partial charge in [-0.3, -0.25) is 0 Å². The molecule has 1 heterocycles. The highest BCUT2D eigenvalue weighted by atomic mass is 16.5. The molecule has 1 aliphatic carbocycles. The summed E-state index contributed by atoms with van der Waals surface area (Å²) in [5.41, 5.74) is 1.74. The molecule has 0 fully saturated rings. The molecule has 0 atom stereocenters. The topological polar surface area (TPSA) is 39.8 Å². The van der Waals surface area contributed by atoms with Gasteiger partial charge in [0.2, 0.25) is 0 Å². The highest BCUT2D eigenvalue weighted by molar-refractivity contribution is 5.52. The first-order valence-electron chi connectivity index (χ1n) is 3.10. The summed E-state index contributed by atoms with van der Waals surface area (Å²) in [6.07, 6.45) is 7.62. The van der Waals surface area contributed by atoms with Crippen LogP contribution in [0.5, 0.6) is 0 Å². The van der Waals surface area contributed by atoms with Crippen LogP contribution in [0.25, 0.3) is 6.08 Å².